The number of rotatable bonds is 2. The smallest absolute Gasteiger partial charge is 0.345 e. The third-order valence-electron chi connectivity index (χ3n) is 4.31. The van der Waals surface area contributed by atoms with Gasteiger partial charge in [-0.3, -0.25) is 0 Å². The summed E-state index contributed by atoms with van der Waals surface area (Å²) in [6.07, 6.45) is 0. The van der Waals surface area contributed by atoms with Crippen LogP contribution < -0.4 is 5.63 Å². The second-order valence-corrected chi connectivity index (χ2v) is 7.20. The van der Waals surface area contributed by atoms with E-state index >= 15 is 0 Å². The zero-order chi connectivity index (χ0) is 18.5. The van der Waals surface area contributed by atoms with Crippen LogP contribution in [0.4, 0.5) is 0 Å². The van der Waals surface area contributed by atoms with Crippen molar-refractivity contribution in [2.45, 2.75) is 19.0 Å². The van der Waals surface area contributed by atoms with E-state index in [-0.39, 0.29) is 0 Å². The molecule has 0 unspecified atom stereocenters. The Hall–Kier alpha value is -3.20. The number of thioether (sulfide) groups is 1. The number of hydrogen-bond donors (Lipinski definition) is 0. The molecule has 3 aromatic heterocycles. The lowest BCUT2D eigenvalue weighted by Gasteiger charge is -2.13. The minimum absolute atomic E-state index is 0.405. The third-order valence-corrected chi connectivity index (χ3v) is 5.24. The van der Waals surface area contributed by atoms with Crippen LogP contribution >= 0.6 is 11.8 Å². The number of aryl methyl sites for hydroxylation is 2. The van der Waals surface area contributed by atoms with Crippen LogP contribution in [-0.2, 0) is 0 Å². The minimum Gasteiger partial charge on any atom is -0.422 e. The van der Waals surface area contributed by atoms with Gasteiger partial charge in [0.05, 0.1) is 17.0 Å². The number of fused-ring (bicyclic) bond motifs is 2. The van der Waals surface area contributed by atoms with Crippen molar-refractivity contribution in [1.82, 2.24) is 24.7 Å². The first-order valence-corrected chi connectivity index (χ1v) is 9.32. The van der Waals surface area contributed by atoms with E-state index in [0.717, 1.165) is 16.8 Å². The Labute approximate surface area is 157 Å². The first-order valence-electron chi connectivity index (χ1n) is 8.33. The van der Waals surface area contributed by atoms with Crippen LogP contribution in [0, 0.1) is 13.8 Å². The van der Waals surface area contributed by atoms with E-state index in [0.29, 0.717) is 33.7 Å². The molecule has 0 spiro atoms. The van der Waals surface area contributed by atoms with Gasteiger partial charge in [0, 0.05) is 16.8 Å². The lowest BCUT2D eigenvalue weighted by atomic mass is 10.1. The van der Waals surface area contributed by atoms with Gasteiger partial charge in [0.1, 0.15) is 5.58 Å². The molecular formula is C18H14N6O2S. The summed E-state index contributed by atoms with van der Waals surface area (Å²) in [5.74, 6) is 1.00. The highest BCUT2D eigenvalue weighted by Gasteiger charge is 2.24. The fourth-order valence-electron chi connectivity index (χ4n) is 3.08. The fraction of sp³-hybridized carbons (Fsp3) is 0.167. The Morgan fingerprint density at radius 2 is 2.00 bits per heavy atom. The van der Waals surface area contributed by atoms with Crippen molar-refractivity contribution in [2.24, 2.45) is 5.10 Å². The molecule has 1 aliphatic heterocycles. The van der Waals surface area contributed by atoms with Gasteiger partial charge in [-0.05, 0) is 32.0 Å². The lowest BCUT2D eigenvalue weighted by molar-refractivity contribution is 0.559. The van der Waals surface area contributed by atoms with E-state index in [1.165, 1.54) is 11.8 Å². The van der Waals surface area contributed by atoms with Crippen LogP contribution in [0.5, 0.6) is 0 Å². The van der Waals surface area contributed by atoms with Gasteiger partial charge in [0.15, 0.2) is 0 Å². The maximum absolute atomic E-state index is 12.5. The van der Waals surface area contributed by atoms with Gasteiger partial charge in [-0.25, -0.2) is 9.48 Å². The van der Waals surface area contributed by atoms with Crippen LogP contribution in [0.3, 0.4) is 0 Å². The van der Waals surface area contributed by atoms with E-state index in [4.69, 9.17) is 4.42 Å². The molecule has 0 fully saturated rings. The SMILES string of the molecule is Cc1cc(C)n(-c2nnc3n2N=C(c2cc4ccccc4oc2=O)CS3)n1. The summed E-state index contributed by atoms with van der Waals surface area (Å²) in [6, 6.07) is 11.2. The minimum atomic E-state index is -0.405. The Morgan fingerprint density at radius 3 is 2.81 bits per heavy atom. The van der Waals surface area contributed by atoms with Gasteiger partial charge in [0.25, 0.3) is 5.95 Å². The normalized spacial score (nSPS) is 13.6. The highest BCUT2D eigenvalue weighted by Crippen LogP contribution is 2.26. The fourth-order valence-corrected chi connectivity index (χ4v) is 3.90. The van der Waals surface area contributed by atoms with Crippen LogP contribution in [0.25, 0.3) is 16.9 Å². The molecule has 4 heterocycles. The van der Waals surface area contributed by atoms with Gasteiger partial charge in [-0.15, -0.1) is 10.2 Å². The van der Waals surface area contributed by atoms with Crippen LogP contribution in [0.1, 0.15) is 17.0 Å². The molecule has 1 aromatic carbocycles. The van der Waals surface area contributed by atoms with Gasteiger partial charge >= 0.3 is 5.63 Å². The molecule has 0 aliphatic carbocycles. The van der Waals surface area contributed by atoms with Gasteiger partial charge in [0.2, 0.25) is 5.16 Å². The van der Waals surface area contributed by atoms with Crippen molar-refractivity contribution in [3.63, 3.8) is 0 Å². The zero-order valence-corrected chi connectivity index (χ0v) is 15.4. The van der Waals surface area contributed by atoms with Crippen molar-refractivity contribution in [1.29, 1.82) is 0 Å². The molecule has 0 atom stereocenters. The maximum atomic E-state index is 12.5. The van der Waals surface area contributed by atoms with Crippen molar-refractivity contribution in [2.75, 3.05) is 5.75 Å². The molecule has 8 nitrogen and oxygen atoms in total. The molecular weight excluding hydrogens is 364 g/mol. The van der Waals surface area contributed by atoms with E-state index in [1.54, 1.807) is 15.4 Å². The molecule has 134 valence electrons. The van der Waals surface area contributed by atoms with Crippen molar-refractivity contribution in [3.8, 4) is 5.95 Å². The number of hydrogen-bond acceptors (Lipinski definition) is 7. The lowest BCUT2D eigenvalue weighted by Crippen LogP contribution is -2.21. The van der Waals surface area contributed by atoms with Gasteiger partial charge in [-0.1, -0.05) is 30.0 Å². The highest BCUT2D eigenvalue weighted by atomic mass is 32.2. The first-order chi connectivity index (χ1) is 13.1. The molecule has 0 saturated carbocycles. The number of para-hydroxylation sites is 1. The Kier molecular flexibility index (Phi) is 3.51. The van der Waals surface area contributed by atoms with Crippen molar-refractivity contribution >= 4 is 28.4 Å². The molecule has 1 aliphatic rings. The zero-order valence-electron chi connectivity index (χ0n) is 14.6. The van der Waals surface area contributed by atoms with Gasteiger partial charge in [-0.2, -0.15) is 14.9 Å². The van der Waals surface area contributed by atoms with E-state index in [9.17, 15) is 4.79 Å². The van der Waals surface area contributed by atoms with E-state index in [2.05, 4.69) is 20.4 Å². The summed E-state index contributed by atoms with van der Waals surface area (Å²) in [7, 11) is 0. The molecule has 0 saturated heterocycles. The third kappa shape index (κ3) is 2.58. The van der Waals surface area contributed by atoms with Crippen LogP contribution in [0.15, 0.2) is 55.9 Å². The largest absolute Gasteiger partial charge is 0.422 e. The average molecular weight is 378 g/mol. The second kappa shape index (κ2) is 5.92. The molecule has 27 heavy (non-hydrogen) atoms. The summed E-state index contributed by atoms with van der Waals surface area (Å²) in [5, 5.41) is 19.0. The maximum Gasteiger partial charge on any atom is 0.345 e. The Morgan fingerprint density at radius 1 is 1.15 bits per heavy atom. The molecule has 4 aromatic rings. The number of nitrogens with zero attached hydrogens (tertiary/aromatic N) is 6. The summed E-state index contributed by atoms with van der Waals surface area (Å²) >= 11 is 1.47. The van der Waals surface area contributed by atoms with Crippen molar-refractivity contribution < 1.29 is 4.42 Å². The standard InChI is InChI=1S/C18H14N6O2S/c1-10-7-11(2)23(21-10)17-19-20-18-24(17)22-14(9-27-18)13-8-12-5-3-4-6-15(12)26-16(13)25/h3-8H,9H2,1-2H3. The highest BCUT2D eigenvalue weighted by molar-refractivity contribution is 7.99. The molecule has 0 N–H and O–H groups in total. The molecule has 9 heteroatoms. The monoisotopic (exact) mass is 378 g/mol. The predicted octanol–water partition coefficient (Wildman–Crippen LogP) is 2.55. The predicted molar refractivity (Wildman–Crippen MR) is 102 cm³/mol. The summed E-state index contributed by atoms with van der Waals surface area (Å²) in [5.41, 5.74) is 3.03. The quantitative estimate of drug-likeness (QED) is 0.498. The molecule has 0 amide bonds. The van der Waals surface area contributed by atoms with Crippen LogP contribution in [0.2, 0.25) is 0 Å². The second-order valence-electron chi connectivity index (χ2n) is 6.25. The molecule has 5 rings (SSSR count). The van der Waals surface area contributed by atoms with Gasteiger partial charge < -0.3 is 4.42 Å². The number of aromatic nitrogens is 5. The molecule has 0 bridgehead atoms. The van der Waals surface area contributed by atoms with Crippen molar-refractivity contribution in [3.05, 3.63) is 63.8 Å². The van der Waals surface area contributed by atoms with E-state index < -0.39 is 5.63 Å². The molecule has 0 radical (unpaired) electrons. The topological polar surface area (TPSA) is 91.1 Å². The average Bonchev–Trinajstić information content (AvgIpc) is 3.22. The Balaban J connectivity index is 1.67. The van der Waals surface area contributed by atoms with Crippen LogP contribution in [-0.4, -0.2) is 36.1 Å². The van der Waals surface area contributed by atoms with E-state index in [1.807, 2.05) is 44.2 Å². The summed E-state index contributed by atoms with van der Waals surface area (Å²) < 4.78 is 8.77. The summed E-state index contributed by atoms with van der Waals surface area (Å²) in [6.45, 7) is 3.86. The first kappa shape index (κ1) is 16.0. The number of benzene rings is 1. The summed E-state index contributed by atoms with van der Waals surface area (Å²) in [4.78, 5) is 12.5. The Bertz CT molecular complexity index is 1280.